The van der Waals surface area contributed by atoms with Gasteiger partial charge < -0.3 is 15.4 Å². The Hall–Kier alpha value is -3.59. The Morgan fingerprint density at radius 3 is 2.45 bits per heavy atom. The van der Waals surface area contributed by atoms with E-state index in [1.807, 2.05) is 18.2 Å². The average Bonchev–Trinajstić information content (AvgIpc) is 3.41. The van der Waals surface area contributed by atoms with E-state index in [0.29, 0.717) is 23.4 Å². The minimum Gasteiger partial charge on any atom is -0.368 e. The number of thiocarbonyl (C=S) groups is 1. The van der Waals surface area contributed by atoms with Gasteiger partial charge in [-0.3, -0.25) is 14.9 Å². The predicted molar refractivity (Wildman–Crippen MR) is 157 cm³/mol. The molecule has 0 aliphatic carbocycles. The van der Waals surface area contributed by atoms with E-state index in [-0.39, 0.29) is 29.1 Å². The number of amides is 2. The van der Waals surface area contributed by atoms with Crippen LogP contribution in [0.2, 0.25) is 0 Å². The van der Waals surface area contributed by atoms with Crippen molar-refractivity contribution in [2.75, 3.05) is 11.9 Å². The lowest BCUT2D eigenvalue weighted by Crippen LogP contribution is -2.36. The third kappa shape index (κ3) is 6.27. The van der Waals surface area contributed by atoms with Gasteiger partial charge in [0, 0.05) is 16.6 Å². The second-order valence-electron chi connectivity index (χ2n) is 9.10. The van der Waals surface area contributed by atoms with Crippen LogP contribution in [0.1, 0.15) is 45.2 Å². The number of benzene rings is 4. The topological polar surface area (TPSA) is 79.5 Å². The summed E-state index contributed by atoms with van der Waals surface area (Å²) in [5, 5.41) is 11.1. The number of halogens is 1. The molecule has 2 amide bonds. The van der Waals surface area contributed by atoms with Crippen LogP contribution in [0.5, 0.6) is 0 Å². The summed E-state index contributed by atoms with van der Waals surface area (Å²) in [6.45, 7) is 0.396. The van der Waals surface area contributed by atoms with Gasteiger partial charge in [0.15, 0.2) is 5.11 Å². The van der Waals surface area contributed by atoms with Gasteiger partial charge in [-0.25, -0.2) is 0 Å². The van der Waals surface area contributed by atoms with Crippen molar-refractivity contribution >= 4 is 61.5 Å². The fraction of sp³-hybridized carbons (Fsp3) is 0.167. The molecule has 1 aliphatic rings. The highest BCUT2D eigenvalue weighted by atomic mass is 79.9. The monoisotopic (exact) mass is 587 g/mol. The molecule has 192 valence electrons. The molecular formula is C30H26BrN3O3S. The molecule has 1 fully saturated rings. The third-order valence-electron chi connectivity index (χ3n) is 6.48. The van der Waals surface area contributed by atoms with Crippen LogP contribution >= 0.6 is 28.1 Å². The minimum atomic E-state index is -0.330. The number of rotatable bonds is 6. The summed E-state index contributed by atoms with van der Waals surface area (Å²) in [6, 6.07) is 28.7. The molecule has 6 nitrogen and oxygen atoms in total. The highest BCUT2D eigenvalue weighted by Gasteiger charge is 2.27. The van der Waals surface area contributed by atoms with Crippen LogP contribution in [0.3, 0.4) is 0 Å². The number of carbonyl (C=O) groups excluding carboxylic acids is 2. The van der Waals surface area contributed by atoms with Gasteiger partial charge in [-0.2, -0.15) is 0 Å². The zero-order valence-electron chi connectivity index (χ0n) is 20.4. The van der Waals surface area contributed by atoms with E-state index >= 15 is 0 Å². The molecule has 4 aromatic rings. The summed E-state index contributed by atoms with van der Waals surface area (Å²) in [5.41, 5.74) is 2.54. The standard InChI is InChI=1S/C30H26BrN3O3S/c31-23-12-14-25(26(17-23)33-30(38)34-28(35)20-7-2-1-3-8-20)29(36)32-18-24-13-15-27(37-24)22-11-10-19-6-4-5-9-21(19)16-22/h1-12,14,16-17,24,27H,13,15,18H2,(H,32,36)(H2,33,34,35,38)/t24-,27-/m0/s1. The van der Waals surface area contributed by atoms with E-state index in [2.05, 4.69) is 62.2 Å². The van der Waals surface area contributed by atoms with Gasteiger partial charge in [-0.1, -0.05) is 70.5 Å². The highest BCUT2D eigenvalue weighted by Crippen LogP contribution is 2.34. The van der Waals surface area contributed by atoms with Crippen molar-refractivity contribution in [1.82, 2.24) is 10.6 Å². The van der Waals surface area contributed by atoms with Crippen molar-refractivity contribution in [3.8, 4) is 0 Å². The van der Waals surface area contributed by atoms with Crippen molar-refractivity contribution in [3.05, 3.63) is 112 Å². The van der Waals surface area contributed by atoms with E-state index in [1.54, 1.807) is 42.5 Å². The lowest BCUT2D eigenvalue weighted by Gasteiger charge is -2.17. The zero-order chi connectivity index (χ0) is 26.5. The van der Waals surface area contributed by atoms with Crippen molar-refractivity contribution in [1.29, 1.82) is 0 Å². The normalized spacial score (nSPS) is 16.7. The lowest BCUT2D eigenvalue weighted by atomic mass is 10.0. The first-order valence-electron chi connectivity index (χ1n) is 12.4. The maximum absolute atomic E-state index is 13.1. The van der Waals surface area contributed by atoms with Crippen LogP contribution < -0.4 is 16.0 Å². The highest BCUT2D eigenvalue weighted by molar-refractivity contribution is 9.10. The number of fused-ring (bicyclic) bond motifs is 1. The fourth-order valence-electron chi connectivity index (χ4n) is 4.55. The summed E-state index contributed by atoms with van der Waals surface area (Å²) in [5.74, 6) is -0.585. The molecule has 8 heteroatoms. The van der Waals surface area contributed by atoms with Crippen LogP contribution in [0.4, 0.5) is 5.69 Å². The van der Waals surface area contributed by atoms with Crippen LogP contribution in [-0.4, -0.2) is 29.6 Å². The Balaban J connectivity index is 1.18. The second-order valence-corrected chi connectivity index (χ2v) is 10.4. The van der Waals surface area contributed by atoms with Gasteiger partial charge in [-0.05, 0) is 77.8 Å². The molecule has 3 N–H and O–H groups in total. The molecule has 0 aromatic heterocycles. The van der Waals surface area contributed by atoms with Gasteiger partial charge in [-0.15, -0.1) is 0 Å². The van der Waals surface area contributed by atoms with Gasteiger partial charge in [0.1, 0.15) is 0 Å². The molecule has 4 aromatic carbocycles. The van der Waals surface area contributed by atoms with Crippen molar-refractivity contribution in [2.45, 2.75) is 25.0 Å². The van der Waals surface area contributed by atoms with Gasteiger partial charge >= 0.3 is 0 Å². The first kappa shape index (κ1) is 26.0. The van der Waals surface area contributed by atoms with Crippen LogP contribution in [0.25, 0.3) is 10.8 Å². The molecule has 0 saturated carbocycles. The molecule has 0 bridgehead atoms. The van der Waals surface area contributed by atoms with Crippen LogP contribution in [-0.2, 0) is 4.74 Å². The largest absolute Gasteiger partial charge is 0.368 e. The Morgan fingerprint density at radius 1 is 0.868 bits per heavy atom. The van der Waals surface area contributed by atoms with E-state index in [0.717, 1.165) is 22.9 Å². The minimum absolute atomic E-state index is 0.0111. The number of ether oxygens (including phenoxy) is 1. The smallest absolute Gasteiger partial charge is 0.257 e. The van der Waals surface area contributed by atoms with Crippen molar-refractivity contribution in [3.63, 3.8) is 0 Å². The number of hydrogen-bond donors (Lipinski definition) is 3. The van der Waals surface area contributed by atoms with Crippen molar-refractivity contribution < 1.29 is 14.3 Å². The molecule has 1 saturated heterocycles. The van der Waals surface area contributed by atoms with Crippen molar-refractivity contribution in [2.24, 2.45) is 0 Å². The molecule has 1 aliphatic heterocycles. The van der Waals surface area contributed by atoms with Crippen LogP contribution in [0, 0.1) is 0 Å². The van der Waals surface area contributed by atoms with Gasteiger partial charge in [0.05, 0.1) is 23.5 Å². The summed E-state index contributed by atoms with van der Waals surface area (Å²) in [6.07, 6.45) is 1.70. The Bertz CT molecular complexity index is 1490. The van der Waals surface area contributed by atoms with E-state index in [1.165, 1.54) is 10.8 Å². The average molecular weight is 589 g/mol. The molecule has 38 heavy (non-hydrogen) atoms. The first-order valence-corrected chi connectivity index (χ1v) is 13.6. The number of carbonyl (C=O) groups is 2. The van der Waals surface area contributed by atoms with Gasteiger partial charge in [0.2, 0.25) is 0 Å². The summed E-state index contributed by atoms with van der Waals surface area (Å²) < 4.78 is 7.05. The summed E-state index contributed by atoms with van der Waals surface area (Å²) in [7, 11) is 0. The summed E-state index contributed by atoms with van der Waals surface area (Å²) in [4.78, 5) is 25.5. The molecule has 0 spiro atoms. The predicted octanol–water partition coefficient (Wildman–Crippen LogP) is 6.38. The molecule has 5 rings (SSSR count). The maximum Gasteiger partial charge on any atom is 0.257 e. The van der Waals surface area contributed by atoms with E-state index < -0.39 is 0 Å². The second kappa shape index (κ2) is 11.9. The molecule has 2 atom stereocenters. The Kier molecular flexibility index (Phi) is 8.12. The Labute approximate surface area is 234 Å². The molecule has 0 unspecified atom stereocenters. The fourth-order valence-corrected chi connectivity index (χ4v) is 5.11. The van der Waals surface area contributed by atoms with Crippen LogP contribution in [0.15, 0.2) is 95.5 Å². The quantitative estimate of drug-likeness (QED) is 0.228. The van der Waals surface area contributed by atoms with E-state index in [4.69, 9.17) is 17.0 Å². The molecule has 0 radical (unpaired) electrons. The Morgan fingerprint density at radius 2 is 1.63 bits per heavy atom. The maximum atomic E-state index is 13.1. The van der Waals surface area contributed by atoms with E-state index in [9.17, 15) is 9.59 Å². The number of hydrogen-bond acceptors (Lipinski definition) is 4. The van der Waals surface area contributed by atoms with Gasteiger partial charge in [0.25, 0.3) is 11.8 Å². The molecular weight excluding hydrogens is 562 g/mol. The SMILES string of the molecule is O=C(NC(=S)Nc1cc(Br)ccc1C(=O)NC[C@@H]1CC[C@@H](c2ccc3ccccc3c2)O1)c1ccccc1. The lowest BCUT2D eigenvalue weighted by molar-refractivity contribution is 0.0436. The zero-order valence-corrected chi connectivity index (χ0v) is 22.8. The first-order chi connectivity index (χ1) is 18.5. The number of nitrogens with one attached hydrogen (secondary N) is 3. The number of anilines is 1. The summed E-state index contributed by atoms with van der Waals surface area (Å²) >= 11 is 8.77. The molecule has 1 heterocycles. The third-order valence-corrected chi connectivity index (χ3v) is 7.18.